The van der Waals surface area contributed by atoms with E-state index in [2.05, 4.69) is 0 Å². The molecule has 0 nitrogen and oxygen atoms in total. The van der Waals surface area contributed by atoms with E-state index in [4.69, 9.17) is 0 Å². The zero-order chi connectivity index (χ0) is 4.24. The minimum Gasteiger partial charge on any atom is -0.358 e. The minimum absolute atomic E-state index is 0. The first-order chi connectivity index (χ1) is 3.00. The van der Waals surface area contributed by atoms with Gasteiger partial charge in [0.05, 0.1) is 0 Å². The molecule has 1 aromatic rings. The van der Waals surface area contributed by atoms with Crippen LogP contribution in [0.1, 0.15) is 0 Å². The van der Waals surface area contributed by atoms with Crippen LogP contribution >= 0.6 is 0 Å². The van der Waals surface area contributed by atoms with Gasteiger partial charge in [-0.25, -0.2) is 0 Å². The molecule has 0 heterocycles. The third kappa shape index (κ3) is 23.4. The van der Waals surface area contributed by atoms with Crippen LogP contribution in [0, 0.1) is 14.9 Å². The summed E-state index contributed by atoms with van der Waals surface area (Å²) in [5.41, 5.74) is 0. The van der Waals surface area contributed by atoms with Crippen LogP contribution in [0.2, 0.25) is 0 Å². The van der Waals surface area contributed by atoms with Crippen molar-refractivity contribution < 1.29 is 131 Å². The van der Waals surface area contributed by atoms with Crippen LogP contribution < -0.4 is 0 Å². The van der Waals surface area contributed by atoms with Crippen LogP contribution in [-0.4, -0.2) is 0 Å². The largest absolute Gasteiger partial charge is 0.358 e. The Labute approximate surface area is 178 Å². The Morgan fingerprint density at radius 3 is 0.500 bits per heavy atom. The smallest absolute Gasteiger partial charge is 0 e. The molecule has 0 fully saturated rings. The van der Waals surface area contributed by atoms with Crippen molar-refractivity contribution in [2.45, 2.75) is 0 Å². The fourth-order valence-electron chi connectivity index (χ4n) is 0.385. The Balaban J connectivity index is -0.0000000150. The Kier molecular flexibility index (Phi) is 88.1. The van der Waals surface area contributed by atoms with Crippen molar-refractivity contribution in [3.05, 3.63) is 51.3 Å². The molecule has 0 bridgehead atoms. The second-order valence-electron chi connectivity index (χ2n) is 1.15. The van der Waals surface area contributed by atoms with Crippen LogP contribution in [0.25, 0.3) is 0 Å². The summed E-state index contributed by atoms with van der Waals surface area (Å²) >= 11 is 0. The minimum atomic E-state index is 0. The average Bonchev–Trinajstić information content (AvgIpc) is 1.72. The Morgan fingerprint density at radius 1 is 0.333 bits per heavy atom. The maximum atomic E-state index is 2.00. The molecule has 4 radical (unpaired) electrons. The molecule has 0 N–H and O–H groups in total. The van der Waals surface area contributed by atoms with E-state index in [1.54, 1.807) is 0 Å². The Morgan fingerprint density at radius 2 is 0.417 bits per heavy atom. The fraction of sp³-hybridized carbons (Fsp3) is 0. The fourth-order valence-corrected chi connectivity index (χ4v) is 0.385. The summed E-state index contributed by atoms with van der Waals surface area (Å²) in [6.45, 7) is 0. The van der Waals surface area contributed by atoms with E-state index >= 15 is 0 Å². The molecule has 0 aliphatic carbocycles. The molecule has 0 unspecified atom stereocenters. The SMILES string of the molecule is [CH3-].[CH3-].[Y].[Y].[Y].[Y].c1ccccc1. The summed E-state index contributed by atoms with van der Waals surface area (Å²) in [4.78, 5) is 0. The molecule has 0 atom stereocenters. The van der Waals surface area contributed by atoms with Gasteiger partial charge in [0.1, 0.15) is 0 Å². The first kappa shape index (κ1) is 36.1. The zero-order valence-electron chi connectivity index (χ0n) is 7.77. The number of hydrogen-bond donors (Lipinski definition) is 0. The third-order valence-electron chi connectivity index (χ3n) is 0.667. The van der Waals surface area contributed by atoms with Crippen molar-refractivity contribution in [1.82, 2.24) is 0 Å². The van der Waals surface area contributed by atoms with Crippen LogP contribution in [0.4, 0.5) is 0 Å². The van der Waals surface area contributed by atoms with Gasteiger partial charge in [0, 0.05) is 131 Å². The predicted octanol–water partition coefficient (Wildman–Crippen LogP) is 2.58. The van der Waals surface area contributed by atoms with Gasteiger partial charge in [-0.3, -0.25) is 0 Å². The number of hydrogen-bond acceptors (Lipinski definition) is 0. The normalized spacial score (nSPS) is 4.00. The van der Waals surface area contributed by atoms with Crippen molar-refractivity contribution in [3.8, 4) is 0 Å². The van der Waals surface area contributed by atoms with Crippen LogP contribution in [0.3, 0.4) is 0 Å². The molecule has 58 valence electrons. The summed E-state index contributed by atoms with van der Waals surface area (Å²) in [5.74, 6) is 0. The van der Waals surface area contributed by atoms with Crippen LogP contribution in [-0.2, 0) is 131 Å². The molecular formula is C8H12Y4-2. The molecule has 0 aromatic heterocycles. The van der Waals surface area contributed by atoms with Gasteiger partial charge in [-0.1, -0.05) is 36.4 Å². The molecule has 12 heavy (non-hydrogen) atoms. The molecule has 4 heteroatoms. The summed E-state index contributed by atoms with van der Waals surface area (Å²) in [6.07, 6.45) is 0. The van der Waals surface area contributed by atoms with Gasteiger partial charge in [-0.15, -0.1) is 0 Å². The van der Waals surface area contributed by atoms with Gasteiger partial charge in [0.15, 0.2) is 0 Å². The average molecular weight is 464 g/mol. The maximum Gasteiger partial charge on any atom is 0 e. The molecule has 0 aliphatic heterocycles. The topological polar surface area (TPSA) is 0 Å². The van der Waals surface area contributed by atoms with Gasteiger partial charge in [0.25, 0.3) is 0 Å². The van der Waals surface area contributed by atoms with Gasteiger partial charge in [-0.05, 0) is 0 Å². The second-order valence-corrected chi connectivity index (χ2v) is 1.15. The van der Waals surface area contributed by atoms with Crippen molar-refractivity contribution in [2.75, 3.05) is 0 Å². The molecule has 0 amide bonds. The van der Waals surface area contributed by atoms with Gasteiger partial charge in [-0.2, -0.15) is 0 Å². The van der Waals surface area contributed by atoms with E-state index < -0.39 is 0 Å². The molecule has 1 aromatic carbocycles. The number of rotatable bonds is 0. The molecule has 0 saturated heterocycles. The monoisotopic (exact) mass is 464 g/mol. The Hall–Kier alpha value is 3.64. The molecule has 0 saturated carbocycles. The number of benzene rings is 1. The van der Waals surface area contributed by atoms with E-state index in [9.17, 15) is 0 Å². The van der Waals surface area contributed by atoms with Crippen molar-refractivity contribution in [2.24, 2.45) is 0 Å². The van der Waals surface area contributed by atoms with Gasteiger partial charge in [0.2, 0.25) is 0 Å². The standard InChI is InChI=1S/C6H6.2CH3.4Y/c1-2-4-6-5-3-1;;;;;;/h1-6H;2*1H3;;;;/q;2*-1;;;;. The summed E-state index contributed by atoms with van der Waals surface area (Å²) in [7, 11) is 0. The Bertz CT molecular complexity index is 83.0. The van der Waals surface area contributed by atoms with E-state index in [1.165, 1.54) is 0 Å². The maximum absolute atomic E-state index is 2.00. The van der Waals surface area contributed by atoms with Gasteiger partial charge < -0.3 is 14.9 Å². The summed E-state index contributed by atoms with van der Waals surface area (Å²) in [6, 6.07) is 12.0. The molecule has 0 spiro atoms. The summed E-state index contributed by atoms with van der Waals surface area (Å²) < 4.78 is 0. The van der Waals surface area contributed by atoms with Gasteiger partial charge >= 0.3 is 0 Å². The van der Waals surface area contributed by atoms with E-state index in [-0.39, 0.29) is 146 Å². The summed E-state index contributed by atoms with van der Waals surface area (Å²) in [5, 5.41) is 0. The first-order valence-electron chi connectivity index (χ1n) is 2.00. The van der Waals surface area contributed by atoms with E-state index in [0.29, 0.717) is 0 Å². The van der Waals surface area contributed by atoms with Crippen molar-refractivity contribution in [3.63, 3.8) is 0 Å². The zero-order valence-corrected chi connectivity index (χ0v) is 19.1. The molecule has 1 rings (SSSR count). The van der Waals surface area contributed by atoms with Crippen LogP contribution in [0.5, 0.6) is 0 Å². The molecule has 0 aliphatic rings. The molecular weight excluding hydrogens is 452 g/mol. The van der Waals surface area contributed by atoms with Crippen LogP contribution in [0.15, 0.2) is 36.4 Å². The quantitative estimate of drug-likeness (QED) is 0.519. The van der Waals surface area contributed by atoms with E-state index in [0.717, 1.165) is 0 Å². The first-order valence-corrected chi connectivity index (χ1v) is 2.00. The van der Waals surface area contributed by atoms with E-state index in [1.807, 2.05) is 36.4 Å². The third-order valence-corrected chi connectivity index (χ3v) is 0.667. The van der Waals surface area contributed by atoms with Crippen molar-refractivity contribution >= 4 is 0 Å². The van der Waals surface area contributed by atoms with Crippen molar-refractivity contribution in [1.29, 1.82) is 0 Å². The predicted molar refractivity (Wildman–Crippen MR) is 39.3 cm³/mol. The second kappa shape index (κ2) is 29.3.